The number of rotatable bonds is 6. The Morgan fingerprint density at radius 3 is 2.56 bits per heavy atom. The van der Waals surface area contributed by atoms with E-state index in [0.29, 0.717) is 26.4 Å². The summed E-state index contributed by atoms with van der Waals surface area (Å²) in [7, 11) is 1.43. The number of imide groups is 2. The number of carbonyl (C=O) groups excluding carboxylic acids is 3. The van der Waals surface area contributed by atoms with Gasteiger partial charge in [-0.3, -0.25) is 14.9 Å². The second-order valence-electron chi connectivity index (χ2n) is 7.81. The van der Waals surface area contributed by atoms with E-state index in [9.17, 15) is 18.8 Å². The summed E-state index contributed by atoms with van der Waals surface area (Å²) in [5, 5.41) is 2.54. The van der Waals surface area contributed by atoms with Gasteiger partial charge in [-0.05, 0) is 70.4 Å². The highest BCUT2D eigenvalue weighted by atomic mass is 79.9. The van der Waals surface area contributed by atoms with Crippen molar-refractivity contribution in [3.63, 3.8) is 0 Å². The van der Waals surface area contributed by atoms with Crippen molar-refractivity contribution in [1.29, 1.82) is 0 Å². The molecule has 0 bridgehead atoms. The van der Waals surface area contributed by atoms with Crippen LogP contribution in [0.3, 0.4) is 0 Å². The molecular weight excluding hydrogens is 555 g/mol. The van der Waals surface area contributed by atoms with Gasteiger partial charge in [0.15, 0.2) is 11.5 Å². The minimum Gasteiger partial charge on any atom is -0.493 e. The fraction of sp³-hybridized carbons (Fsp3) is 0.115. The van der Waals surface area contributed by atoms with Crippen LogP contribution in [0.2, 0.25) is 5.02 Å². The van der Waals surface area contributed by atoms with Gasteiger partial charge in [0.25, 0.3) is 11.8 Å². The molecule has 0 radical (unpaired) electrons. The van der Waals surface area contributed by atoms with E-state index in [1.807, 2.05) is 0 Å². The summed E-state index contributed by atoms with van der Waals surface area (Å²) in [6.07, 6.45) is 1.33. The maximum Gasteiger partial charge on any atom is 0.335 e. The van der Waals surface area contributed by atoms with E-state index in [-0.39, 0.29) is 23.6 Å². The number of methoxy groups -OCH3 is 1. The molecule has 1 saturated heterocycles. The largest absolute Gasteiger partial charge is 0.493 e. The van der Waals surface area contributed by atoms with E-state index >= 15 is 0 Å². The van der Waals surface area contributed by atoms with Crippen LogP contribution in [0.4, 0.5) is 14.9 Å². The van der Waals surface area contributed by atoms with Crippen LogP contribution in [-0.2, 0) is 16.2 Å². The lowest BCUT2D eigenvalue weighted by molar-refractivity contribution is -0.122. The van der Waals surface area contributed by atoms with Crippen LogP contribution in [0, 0.1) is 12.7 Å². The first kappa shape index (κ1) is 25.4. The van der Waals surface area contributed by atoms with Crippen LogP contribution in [0.1, 0.15) is 16.7 Å². The maximum atomic E-state index is 14.0. The van der Waals surface area contributed by atoms with E-state index in [1.54, 1.807) is 49.4 Å². The average Bonchev–Trinajstić information content (AvgIpc) is 2.83. The third-order valence-corrected chi connectivity index (χ3v) is 6.40. The Hall–Kier alpha value is -3.69. The number of benzene rings is 3. The molecule has 0 saturated carbocycles. The number of nitrogens with one attached hydrogen (secondary N) is 1. The summed E-state index contributed by atoms with van der Waals surface area (Å²) in [6.45, 7) is 1.74. The fourth-order valence-corrected chi connectivity index (χ4v) is 4.26. The van der Waals surface area contributed by atoms with Crippen LogP contribution in [0.15, 0.2) is 64.6 Å². The van der Waals surface area contributed by atoms with Crippen molar-refractivity contribution in [2.45, 2.75) is 13.5 Å². The molecule has 0 unspecified atom stereocenters. The van der Waals surface area contributed by atoms with Gasteiger partial charge in [0.1, 0.15) is 18.0 Å². The Bertz CT molecular complexity index is 1430. The maximum absolute atomic E-state index is 14.0. The number of hydrogen-bond acceptors (Lipinski definition) is 5. The Morgan fingerprint density at radius 1 is 1.11 bits per heavy atom. The molecule has 0 spiro atoms. The quantitative estimate of drug-likeness (QED) is 0.297. The molecule has 3 aromatic rings. The van der Waals surface area contributed by atoms with Gasteiger partial charge in [-0.15, -0.1) is 0 Å². The van der Waals surface area contributed by atoms with Crippen molar-refractivity contribution in [2.75, 3.05) is 12.0 Å². The van der Waals surface area contributed by atoms with Crippen LogP contribution in [0.5, 0.6) is 11.5 Å². The van der Waals surface area contributed by atoms with E-state index in [4.69, 9.17) is 21.1 Å². The van der Waals surface area contributed by atoms with Crippen LogP contribution >= 0.6 is 27.5 Å². The van der Waals surface area contributed by atoms with Gasteiger partial charge in [-0.25, -0.2) is 14.1 Å². The third-order valence-electron chi connectivity index (χ3n) is 5.41. The lowest BCUT2D eigenvalue weighted by Crippen LogP contribution is -2.54. The SMILES string of the molecule is COc1cc(/C=C2/C(=O)NC(=O)N(c3ccc(C)c(Cl)c3)C2=O)cc(Br)c1OCc1ccccc1F. The van der Waals surface area contributed by atoms with Gasteiger partial charge in [-0.2, -0.15) is 0 Å². The second-order valence-corrected chi connectivity index (χ2v) is 9.07. The number of hydrogen-bond donors (Lipinski definition) is 1. The number of carbonyl (C=O) groups is 3. The molecule has 10 heteroatoms. The van der Waals surface area contributed by atoms with Crippen molar-refractivity contribution in [3.8, 4) is 11.5 Å². The van der Waals surface area contributed by atoms with Crippen molar-refractivity contribution in [1.82, 2.24) is 5.32 Å². The average molecular weight is 574 g/mol. The van der Waals surface area contributed by atoms with Gasteiger partial charge in [0, 0.05) is 10.6 Å². The lowest BCUT2D eigenvalue weighted by atomic mass is 10.1. The van der Waals surface area contributed by atoms with Gasteiger partial charge in [0.05, 0.1) is 17.3 Å². The lowest BCUT2D eigenvalue weighted by Gasteiger charge is -2.26. The van der Waals surface area contributed by atoms with Crippen molar-refractivity contribution < 1.29 is 28.2 Å². The fourth-order valence-electron chi connectivity index (χ4n) is 3.51. The molecule has 1 fully saturated rings. The summed E-state index contributed by atoms with van der Waals surface area (Å²) in [6, 6.07) is 13.2. The normalized spacial score (nSPS) is 14.8. The Balaban J connectivity index is 1.66. The minimum atomic E-state index is -0.877. The molecule has 184 valence electrons. The number of halogens is 3. The number of nitrogens with zero attached hydrogens (tertiary/aromatic N) is 1. The zero-order valence-corrected chi connectivity index (χ0v) is 21.4. The first-order chi connectivity index (χ1) is 17.2. The topological polar surface area (TPSA) is 84.9 Å². The van der Waals surface area contributed by atoms with Crippen molar-refractivity contribution >= 4 is 57.1 Å². The van der Waals surface area contributed by atoms with E-state index in [0.717, 1.165) is 10.5 Å². The van der Waals surface area contributed by atoms with Crippen LogP contribution in [0.25, 0.3) is 6.08 Å². The van der Waals surface area contributed by atoms with E-state index in [2.05, 4.69) is 21.2 Å². The number of anilines is 1. The molecule has 1 aliphatic rings. The predicted octanol–water partition coefficient (Wildman–Crippen LogP) is 5.80. The Labute approximate surface area is 219 Å². The van der Waals surface area contributed by atoms with Gasteiger partial charge in [-0.1, -0.05) is 35.9 Å². The summed E-state index contributed by atoms with van der Waals surface area (Å²) >= 11 is 9.57. The molecular formula is C26H19BrClFN2O5. The molecule has 0 atom stereocenters. The third kappa shape index (κ3) is 5.12. The van der Waals surface area contributed by atoms with Crippen molar-refractivity contribution in [3.05, 3.63) is 92.2 Å². The monoisotopic (exact) mass is 572 g/mol. The van der Waals surface area contributed by atoms with E-state index in [1.165, 1.54) is 25.3 Å². The summed E-state index contributed by atoms with van der Waals surface area (Å²) < 4.78 is 25.6. The molecule has 4 rings (SSSR count). The van der Waals surface area contributed by atoms with Crippen LogP contribution in [-0.4, -0.2) is 25.0 Å². The zero-order chi connectivity index (χ0) is 26.0. The molecule has 3 aromatic carbocycles. The molecule has 7 nitrogen and oxygen atoms in total. The molecule has 0 aromatic heterocycles. The molecule has 0 aliphatic carbocycles. The van der Waals surface area contributed by atoms with Gasteiger partial charge < -0.3 is 9.47 Å². The second kappa shape index (κ2) is 10.5. The standard InChI is InChI=1S/C26H19BrClFN2O5/c1-14-7-8-17(12-20(14)28)31-25(33)18(24(32)30-26(31)34)9-15-10-19(27)23(22(11-15)35-2)36-13-16-5-3-4-6-21(16)29/h3-12H,13H2,1-2H3,(H,30,32,34)/b18-9-. The highest BCUT2D eigenvalue weighted by Gasteiger charge is 2.37. The van der Waals surface area contributed by atoms with Gasteiger partial charge >= 0.3 is 6.03 Å². The number of amides is 4. The first-order valence-corrected chi connectivity index (χ1v) is 11.8. The highest BCUT2D eigenvalue weighted by molar-refractivity contribution is 9.10. The zero-order valence-electron chi connectivity index (χ0n) is 19.1. The molecule has 36 heavy (non-hydrogen) atoms. The predicted molar refractivity (Wildman–Crippen MR) is 137 cm³/mol. The number of barbiturate groups is 1. The summed E-state index contributed by atoms with van der Waals surface area (Å²) in [5.41, 5.74) is 1.52. The molecule has 1 aliphatic heterocycles. The number of ether oxygens (including phenoxy) is 2. The number of urea groups is 1. The smallest absolute Gasteiger partial charge is 0.335 e. The van der Waals surface area contributed by atoms with Crippen molar-refractivity contribution in [2.24, 2.45) is 0 Å². The van der Waals surface area contributed by atoms with E-state index < -0.39 is 23.7 Å². The molecule has 1 N–H and O–H groups in total. The van der Waals surface area contributed by atoms with Crippen LogP contribution < -0.4 is 19.7 Å². The molecule has 4 amide bonds. The first-order valence-electron chi connectivity index (χ1n) is 10.6. The Morgan fingerprint density at radius 2 is 1.86 bits per heavy atom. The number of aryl methyl sites for hydroxylation is 1. The molecule has 1 heterocycles. The summed E-state index contributed by atoms with van der Waals surface area (Å²) in [4.78, 5) is 39.0. The Kier molecular flexibility index (Phi) is 7.42. The van der Waals surface area contributed by atoms with Gasteiger partial charge in [0.2, 0.25) is 0 Å². The minimum absolute atomic E-state index is 0.0425. The summed E-state index contributed by atoms with van der Waals surface area (Å²) in [5.74, 6) is -1.44. The highest BCUT2D eigenvalue weighted by Crippen LogP contribution is 2.38.